The van der Waals surface area contributed by atoms with Crippen LogP contribution < -0.4 is 10.6 Å². The van der Waals surface area contributed by atoms with E-state index >= 15 is 0 Å². The molecule has 16 heavy (non-hydrogen) atoms. The zero-order valence-corrected chi connectivity index (χ0v) is 9.28. The molecule has 2 amide bonds. The number of aromatic nitrogens is 1. The Bertz CT molecular complexity index is 333. The molecule has 4 heteroatoms. The molecular formula is C12H17N3O. The van der Waals surface area contributed by atoms with Gasteiger partial charge in [0.1, 0.15) is 0 Å². The maximum atomic E-state index is 11.5. The lowest BCUT2D eigenvalue weighted by Gasteiger charge is -2.12. The summed E-state index contributed by atoms with van der Waals surface area (Å²) in [7, 11) is 0. The van der Waals surface area contributed by atoms with Crippen molar-refractivity contribution in [2.75, 3.05) is 0 Å². The van der Waals surface area contributed by atoms with E-state index in [0.29, 0.717) is 12.6 Å². The summed E-state index contributed by atoms with van der Waals surface area (Å²) in [5.41, 5.74) is 1.02. The summed E-state index contributed by atoms with van der Waals surface area (Å²) < 4.78 is 0. The normalized spacial score (nSPS) is 16.0. The minimum Gasteiger partial charge on any atom is -0.335 e. The molecule has 86 valence electrons. The number of carbonyl (C=O) groups excluding carboxylic acids is 1. The predicted molar refractivity (Wildman–Crippen MR) is 61.9 cm³/mol. The third-order valence-electron chi connectivity index (χ3n) is 2.87. The second-order valence-electron chi connectivity index (χ2n) is 4.17. The van der Waals surface area contributed by atoms with Crippen LogP contribution in [0.5, 0.6) is 0 Å². The summed E-state index contributed by atoms with van der Waals surface area (Å²) in [5.74, 6) is 0. The highest BCUT2D eigenvalue weighted by Crippen LogP contribution is 2.17. The molecule has 0 radical (unpaired) electrons. The Morgan fingerprint density at radius 2 is 2.25 bits per heavy atom. The Hall–Kier alpha value is -1.58. The van der Waals surface area contributed by atoms with Crippen molar-refractivity contribution in [3.05, 3.63) is 30.1 Å². The van der Waals surface area contributed by atoms with Gasteiger partial charge in [-0.3, -0.25) is 4.98 Å². The van der Waals surface area contributed by atoms with E-state index in [-0.39, 0.29) is 6.03 Å². The fourth-order valence-electron chi connectivity index (χ4n) is 1.99. The zero-order chi connectivity index (χ0) is 11.2. The van der Waals surface area contributed by atoms with Crippen LogP contribution in [0.2, 0.25) is 0 Å². The molecule has 1 fully saturated rings. The second kappa shape index (κ2) is 5.49. The molecule has 4 nitrogen and oxygen atoms in total. The lowest BCUT2D eigenvalue weighted by atomic mass is 10.2. The molecule has 2 N–H and O–H groups in total. The molecule has 2 rings (SSSR count). The van der Waals surface area contributed by atoms with Crippen LogP contribution in [0.25, 0.3) is 0 Å². The summed E-state index contributed by atoms with van der Waals surface area (Å²) in [5, 5.41) is 5.81. The maximum absolute atomic E-state index is 11.5. The molecule has 0 aromatic carbocycles. The minimum atomic E-state index is -0.0734. The van der Waals surface area contributed by atoms with E-state index in [1.54, 1.807) is 12.4 Å². The Balaban J connectivity index is 1.71. The topological polar surface area (TPSA) is 54.0 Å². The smallest absolute Gasteiger partial charge is 0.315 e. The molecule has 1 aliphatic rings. The first-order chi connectivity index (χ1) is 7.84. The number of nitrogens with zero attached hydrogens (tertiary/aromatic N) is 1. The molecule has 1 aliphatic carbocycles. The largest absolute Gasteiger partial charge is 0.335 e. The van der Waals surface area contributed by atoms with Crippen LogP contribution in [0.15, 0.2) is 24.5 Å². The van der Waals surface area contributed by atoms with Gasteiger partial charge in [0, 0.05) is 25.0 Å². The van der Waals surface area contributed by atoms with Crippen LogP contribution in [0.1, 0.15) is 31.2 Å². The molecule has 1 aromatic heterocycles. The number of nitrogens with one attached hydrogen (secondary N) is 2. The van der Waals surface area contributed by atoms with E-state index in [1.165, 1.54) is 12.8 Å². The van der Waals surface area contributed by atoms with E-state index in [2.05, 4.69) is 15.6 Å². The van der Waals surface area contributed by atoms with Crippen molar-refractivity contribution >= 4 is 6.03 Å². The lowest BCUT2D eigenvalue weighted by molar-refractivity contribution is 0.236. The second-order valence-corrected chi connectivity index (χ2v) is 4.17. The Labute approximate surface area is 95.5 Å². The summed E-state index contributed by atoms with van der Waals surface area (Å²) in [6.07, 6.45) is 8.17. The van der Waals surface area contributed by atoms with Gasteiger partial charge in [0.15, 0.2) is 0 Å². The van der Waals surface area contributed by atoms with Gasteiger partial charge in [-0.15, -0.1) is 0 Å². The van der Waals surface area contributed by atoms with Crippen molar-refractivity contribution in [2.24, 2.45) is 0 Å². The van der Waals surface area contributed by atoms with E-state index in [4.69, 9.17) is 0 Å². The summed E-state index contributed by atoms with van der Waals surface area (Å²) in [6.45, 7) is 0.534. The van der Waals surface area contributed by atoms with Crippen molar-refractivity contribution in [1.82, 2.24) is 15.6 Å². The van der Waals surface area contributed by atoms with Gasteiger partial charge in [-0.1, -0.05) is 18.9 Å². The predicted octanol–water partition coefficient (Wildman–Crippen LogP) is 1.82. The first kappa shape index (κ1) is 10.9. The van der Waals surface area contributed by atoms with Gasteiger partial charge in [-0.2, -0.15) is 0 Å². The van der Waals surface area contributed by atoms with Gasteiger partial charge >= 0.3 is 6.03 Å². The van der Waals surface area contributed by atoms with Crippen LogP contribution in [0, 0.1) is 0 Å². The van der Waals surface area contributed by atoms with Gasteiger partial charge in [0.2, 0.25) is 0 Å². The van der Waals surface area contributed by atoms with E-state index < -0.39 is 0 Å². The van der Waals surface area contributed by atoms with Crippen LogP contribution in [-0.2, 0) is 6.54 Å². The molecule has 1 aromatic rings. The van der Waals surface area contributed by atoms with Crippen LogP contribution >= 0.6 is 0 Å². The van der Waals surface area contributed by atoms with Gasteiger partial charge in [-0.25, -0.2) is 4.79 Å². The van der Waals surface area contributed by atoms with Crippen molar-refractivity contribution < 1.29 is 4.79 Å². The van der Waals surface area contributed by atoms with Crippen molar-refractivity contribution in [3.63, 3.8) is 0 Å². The number of carbonyl (C=O) groups is 1. The van der Waals surface area contributed by atoms with Crippen LogP contribution in [0.4, 0.5) is 4.79 Å². The molecule has 0 spiro atoms. The van der Waals surface area contributed by atoms with E-state index in [9.17, 15) is 4.79 Å². The Morgan fingerprint density at radius 1 is 1.44 bits per heavy atom. The molecule has 0 bridgehead atoms. The summed E-state index contributed by atoms with van der Waals surface area (Å²) in [4.78, 5) is 15.5. The quantitative estimate of drug-likeness (QED) is 0.814. The number of pyridine rings is 1. The zero-order valence-electron chi connectivity index (χ0n) is 9.28. The molecule has 1 heterocycles. The number of amides is 2. The van der Waals surface area contributed by atoms with Gasteiger partial charge in [0.25, 0.3) is 0 Å². The van der Waals surface area contributed by atoms with Crippen molar-refractivity contribution in [1.29, 1.82) is 0 Å². The van der Waals surface area contributed by atoms with E-state index in [1.807, 2.05) is 12.1 Å². The fourth-order valence-corrected chi connectivity index (χ4v) is 1.99. The van der Waals surface area contributed by atoms with E-state index in [0.717, 1.165) is 18.4 Å². The Morgan fingerprint density at radius 3 is 2.94 bits per heavy atom. The number of urea groups is 1. The molecular weight excluding hydrogens is 202 g/mol. The number of hydrogen-bond acceptors (Lipinski definition) is 2. The van der Waals surface area contributed by atoms with Crippen LogP contribution in [0.3, 0.4) is 0 Å². The number of rotatable bonds is 3. The standard InChI is InChI=1S/C12H17N3O/c16-12(15-11-5-1-2-6-11)14-9-10-4-3-7-13-8-10/h3-4,7-8,11H,1-2,5-6,9H2,(H2,14,15,16). The highest BCUT2D eigenvalue weighted by molar-refractivity contribution is 5.74. The molecule has 1 saturated carbocycles. The molecule has 0 atom stereocenters. The SMILES string of the molecule is O=C(NCc1cccnc1)NC1CCCC1. The van der Waals surface area contributed by atoms with Gasteiger partial charge in [0.05, 0.1) is 0 Å². The third-order valence-corrected chi connectivity index (χ3v) is 2.87. The highest BCUT2D eigenvalue weighted by atomic mass is 16.2. The first-order valence-electron chi connectivity index (χ1n) is 5.78. The molecule has 0 saturated heterocycles. The summed E-state index contributed by atoms with van der Waals surface area (Å²) in [6, 6.07) is 4.11. The monoisotopic (exact) mass is 219 g/mol. The lowest BCUT2D eigenvalue weighted by Crippen LogP contribution is -2.40. The number of hydrogen-bond donors (Lipinski definition) is 2. The third kappa shape index (κ3) is 3.22. The van der Waals surface area contributed by atoms with Gasteiger partial charge < -0.3 is 10.6 Å². The maximum Gasteiger partial charge on any atom is 0.315 e. The minimum absolute atomic E-state index is 0.0734. The van der Waals surface area contributed by atoms with Crippen molar-refractivity contribution in [2.45, 2.75) is 38.3 Å². The van der Waals surface area contributed by atoms with Crippen LogP contribution in [-0.4, -0.2) is 17.1 Å². The van der Waals surface area contributed by atoms with Crippen molar-refractivity contribution in [3.8, 4) is 0 Å². The average molecular weight is 219 g/mol. The average Bonchev–Trinajstić information content (AvgIpc) is 2.81. The fraction of sp³-hybridized carbons (Fsp3) is 0.500. The highest BCUT2D eigenvalue weighted by Gasteiger charge is 2.16. The molecule has 0 unspecified atom stereocenters. The van der Waals surface area contributed by atoms with Gasteiger partial charge in [-0.05, 0) is 24.5 Å². The first-order valence-corrected chi connectivity index (χ1v) is 5.78. The Kier molecular flexibility index (Phi) is 3.75. The molecule has 0 aliphatic heterocycles. The summed E-state index contributed by atoms with van der Waals surface area (Å²) >= 11 is 0.